The average molecular weight is 249 g/mol. The van der Waals surface area contributed by atoms with Crippen LogP contribution in [0.4, 0.5) is 11.7 Å². The van der Waals surface area contributed by atoms with Gasteiger partial charge in [0.15, 0.2) is 5.58 Å². The lowest BCUT2D eigenvalue weighted by Gasteiger charge is -2.10. The van der Waals surface area contributed by atoms with Crippen molar-refractivity contribution in [1.29, 1.82) is 0 Å². The van der Waals surface area contributed by atoms with Gasteiger partial charge in [0.2, 0.25) is 0 Å². The molecule has 90 valence electrons. The first kappa shape index (κ1) is 10.8. The Labute approximate surface area is 104 Å². The third-order valence-corrected chi connectivity index (χ3v) is 4.67. The van der Waals surface area contributed by atoms with Crippen LogP contribution >= 0.6 is 11.8 Å². The summed E-state index contributed by atoms with van der Waals surface area (Å²) in [6.45, 7) is 0.904. The molecule has 0 unspecified atom stereocenters. The highest BCUT2D eigenvalue weighted by atomic mass is 32.2. The summed E-state index contributed by atoms with van der Waals surface area (Å²) in [6.07, 6.45) is 4.69. The molecule has 4 nitrogen and oxygen atoms in total. The molecule has 5 heteroatoms. The van der Waals surface area contributed by atoms with Crippen LogP contribution in [0.1, 0.15) is 12.8 Å². The van der Waals surface area contributed by atoms with Gasteiger partial charge >= 0.3 is 0 Å². The van der Waals surface area contributed by atoms with Crippen LogP contribution in [0.15, 0.2) is 22.6 Å². The smallest absolute Gasteiger partial charge is 0.295 e. The zero-order valence-corrected chi connectivity index (χ0v) is 10.5. The van der Waals surface area contributed by atoms with E-state index in [9.17, 15) is 0 Å². The predicted octanol–water partition coefficient (Wildman–Crippen LogP) is 2.72. The lowest BCUT2D eigenvalue weighted by Crippen LogP contribution is -2.17. The van der Waals surface area contributed by atoms with E-state index in [1.54, 1.807) is 0 Å². The molecule has 0 atom stereocenters. The molecule has 0 saturated heterocycles. The predicted molar refractivity (Wildman–Crippen MR) is 72.4 cm³/mol. The van der Waals surface area contributed by atoms with E-state index in [0.29, 0.717) is 16.4 Å². The van der Waals surface area contributed by atoms with Crippen LogP contribution in [-0.4, -0.2) is 22.5 Å². The van der Waals surface area contributed by atoms with Crippen molar-refractivity contribution in [3.8, 4) is 0 Å². The number of hydrogen-bond acceptors (Lipinski definition) is 5. The number of hydrogen-bond donors (Lipinski definition) is 2. The Morgan fingerprint density at radius 1 is 1.53 bits per heavy atom. The second-order valence-electron chi connectivity index (χ2n) is 4.45. The number of rotatable bonds is 4. The Bertz CT molecular complexity index is 548. The van der Waals surface area contributed by atoms with E-state index in [2.05, 4.69) is 16.6 Å². The van der Waals surface area contributed by atoms with E-state index in [-0.39, 0.29) is 0 Å². The molecule has 1 heterocycles. The van der Waals surface area contributed by atoms with Crippen LogP contribution in [0.2, 0.25) is 0 Å². The van der Waals surface area contributed by atoms with Crippen molar-refractivity contribution >= 4 is 34.6 Å². The topological polar surface area (TPSA) is 64.1 Å². The molecule has 3 rings (SSSR count). The summed E-state index contributed by atoms with van der Waals surface area (Å²) >= 11 is 1.91. The van der Waals surface area contributed by atoms with Crippen LogP contribution < -0.4 is 11.1 Å². The highest BCUT2D eigenvalue weighted by Gasteiger charge is 2.41. The maximum atomic E-state index is 5.84. The fraction of sp³-hybridized carbons (Fsp3) is 0.417. The molecule has 1 saturated carbocycles. The number of nitrogens with zero attached hydrogens (tertiary/aromatic N) is 1. The molecule has 1 aliphatic carbocycles. The van der Waals surface area contributed by atoms with Crippen LogP contribution in [0, 0.1) is 0 Å². The summed E-state index contributed by atoms with van der Waals surface area (Å²) in [5.41, 5.74) is 7.97. The molecule has 1 aromatic heterocycles. The lowest BCUT2D eigenvalue weighted by atomic mass is 10.3. The van der Waals surface area contributed by atoms with Gasteiger partial charge in [-0.05, 0) is 31.2 Å². The van der Waals surface area contributed by atoms with Gasteiger partial charge in [0.05, 0.1) is 5.69 Å². The molecule has 3 N–H and O–H groups in total. The highest BCUT2D eigenvalue weighted by molar-refractivity contribution is 8.00. The number of benzene rings is 1. The number of thioether (sulfide) groups is 1. The molecule has 0 amide bonds. The fourth-order valence-electron chi connectivity index (χ4n) is 1.87. The summed E-state index contributed by atoms with van der Waals surface area (Å²) in [4.78, 5) is 4.37. The van der Waals surface area contributed by atoms with Crippen molar-refractivity contribution in [1.82, 2.24) is 4.98 Å². The summed E-state index contributed by atoms with van der Waals surface area (Å²) in [5.74, 6) is 0. The minimum absolute atomic E-state index is 0.395. The number of aromatic nitrogens is 1. The van der Waals surface area contributed by atoms with Crippen LogP contribution in [0.3, 0.4) is 0 Å². The zero-order chi connectivity index (χ0) is 11.9. The first-order valence-corrected chi connectivity index (χ1v) is 6.89. The van der Waals surface area contributed by atoms with E-state index in [1.807, 2.05) is 30.0 Å². The largest absolute Gasteiger partial charge is 0.423 e. The van der Waals surface area contributed by atoms with Crippen LogP contribution in [0.5, 0.6) is 0 Å². The van der Waals surface area contributed by atoms with Crippen LogP contribution in [-0.2, 0) is 0 Å². The molecule has 0 aliphatic heterocycles. The van der Waals surface area contributed by atoms with Crippen molar-refractivity contribution in [2.75, 3.05) is 23.9 Å². The molecule has 1 aliphatic rings. The zero-order valence-electron chi connectivity index (χ0n) is 9.69. The fourth-order valence-corrected chi connectivity index (χ4v) is 2.60. The van der Waals surface area contributed by atoms with Gasteiger partial charge in [0.25, 0.3) is 6.01 Å². The minimum atomic E-state index is 0.395. The number of para-hydroxylation sites is 1. The number of anilines is 2. The first-order valence-electron chi connectivity index (χ1n) is 5.66. The van der Waals surface area contributed by atoms with E-state index < -0.39 is 0 Å². The van der Waals surface area contributed by atoms with Gasteiger partial charge in [-0.25, -0.2) is 0 Å². The van der Waals surface area contributed by atoms with Crippen molar-refractivity contribution in [2.24, 2.45) is 0 Å². The maximum absolute atomic E-state index is 5.84. The number of nitrogens with two attached hydrogens (primary N) is 1. The monoisotopic (exact) mass is 249 g/mol. The number of nitrogens with one attached hydrogen (secondary N) is 1. The van der Waals surface area contributed by atoms with Gasteiger partial charge in [0.1, 0.15) is 5.52 Å². The van der Waals surface area contributed by atoms with E-state index in [4.69, 9.17) is 10.2 Å². The molecular weight excluding hydrogens is 234 g/mol. The summed E-state index contributed by atoms with van der Waals surface area (Å²) in [7, 11) is 0. The van der Waals surface area contributed by atoms with Crippen LogP contribution in [0.25, 0.3) is 11.1 Å². The Hall–Kier alpha value is -1.36. The van der Waals surface area contributed by atoms with Gasteiger partial charge in [-0.1, -0.05) is 6.07 Å². The molecule has 0 radical (unpaired) electrons. The number of fused-ring (bicyclic) bond motifs is 1. The Balaban J connectivity index is 1.79. The Morgan fingerprint density at radius 2 is 2.35 bits per heavy atom. The molecule has 1 fully saturated rings. The lowest BCUT2D eigenvalue weighted by molar-refractivity contribution is 0.613. The van der Waals surface area contributed by atoms with Crippen molar-refractivity contribution < 1.29 is 4.42 Å². The van der Waals surface area contributed by atoms with Gasteiger partial charge in [-0.15, -0.1) is 0 Å². The summed E-state index contributed by atoms with van der Waals surface area (Å²) in [5, 5.41) is 3.26. The second-order valence-corrected chi connectivity index (χ2v) is 5.73. The van der Waals surface area contributed by atoms with E-state index in [1.165, 1.54) is 12.8 Å². The Kier molecular flexibility index (Phi) is 2.43. The molecule has 0 spiro atoms. The van der Waals surface area contributed by atoms with Crippen molar-refractivity contribution in [2.45, 2.75) is 17.6 Å². The second kappa shape index (κ2) is 3.84. The number of nitrogen functional groups attached to an aromatic ring is 1. The van der Waals surface area contributed by atoms with Gasteiger partial charge in [0, 0.05) is 11.3 Å². The minimum Gasteiger partial charge on any atom is -0.423 e. The van der Waals surface area contributed by atoms with Gasteiger partial charge < -0.3 is 15.5 Å². The standard InChI is InChI=1S/C12H15N3OS/c1-17-12(5-6-12)7-14-11-15-10-8(13)3-2-4-9(10)16-11/h2-4H,5-7,13H2,1H3,(H,14,15). The van der Waals surface area contributed by atoms with Crippen molar-refractivity contribution in [3.05, 3.63) is 18.2 Å². The quantitative estimate of drug-likeness (QED) is 0.816. The summed E-state index contributed by atoms with van der Waals surface area (Å²) in [6, 6.07) is 6.15. The molecule has 0 bridgehead atoms. The Morgan fingerprint density at radius 3 is 3.00 bits per heavy atom. The van der Waals surface area contributed by atoms with Crippen molar-refractivity contribution in [3.63, 3.8) is 0 Å². The average Bonchev–Trinajstić information content (AvgIpc) is 3.00. The third kappa shape index (κ3) is 1.95. The third-order valence-electron chi connectivity index (χ3n) is 3.25. The van der Waals surface area contributed by atoms with E-state index >= 15 is 0 Å². The molecule has 1 aromatic carbocycles. The van der Waals surface area contributed by atoms with E-state index in [0.717, 1.165) is 17.6 Å². The first-order chi connectivity index (χ1) is 8.22. The summed E-state index contributed by atoms with van der Waals surface area (Å²) < 4.78 is 6.00. The molecule has 2 aromatic rings. The molecule has 17 heavy (non-hydrogen) atoms. The highest BCUT2D eigenvalue weighted by Crippen LogP contribution is 2.47. The SMILES string of the molecule is CSC1(CNc2nc3c(N)cccc3o2)CC1. The maximum Gasteiger partial charge on any atom is 0.295 e. The van der Waals surface area contributed by atoms with Gasteiger partial charge in [-0.2, -0.15) is 16.7 Å². The number of oxazole rings is 1. The normalized spacial score (nSPS) is 17.2. The molecular formula is C12H15N3OS. The van der Waals surface area contributed by atoms with Gasteiger partial charge in [-0.3, -0.25) is 0 Å².